The van der Waals surface area contributed by atoms with Crippen molar-refractivity contribution in [2.45, 2.75) is 25.3 Å². The SMILES string of the molecule is COc1cccc(CC(=O)N2CCCC2c2nccs2)c1. The highest BCUT2D eigenvalue weighted by molar-refractivity contribution is 7.09. The largest absolute Gasteiger partial charge is 0.497 e. The second-order valence-corrected chi connectivity index (χ2v) is 6.07. The van der Waals surface area contributed by atoms with Gasteiger partial charge in [-0.25, -0.2) is 4.98 Å². The Morgan fingerprint density at radius 3 is 3.19 bits per heavy atom. The third kappa shape index (κ3) is 3.08. The molecular weight excluding hydrogens is 284 g/mol. The van der Waals surface area contributed by atoms with Crippen LogP contribution in [-0.2, 0) is 11.2 Å². The Labute approximate surface area is 128 Å². The summed E-state index contributed by atoms with van der Waals surface area (Å²) in [6.07, 6.45) is 4.29. The molecule has 1 aliphatic rings. The molecular formula is C16H18N2O2S. The highest BCUT2D eigenvalue weighted by Crippen LogP contribution is 2.33. The fourth-order valence-electron chi connectivity index (χ4n) is 2.78. The van der Waals surface area contributed by atoms with E-state index in [1.807, 2.05) is 40.7 Å². The number of likely N-dealkylation sites (tertiary alicyclic amines) is 1. The molecule has 0 N–H and O–H groups in total. The number of hydrogen-bond donors (Lipinski definition) is 0. The van der Waals surface area contributed by atoms with Crippen LogP contribution in [0.2, 0.25) is 0 Å². The number of benzene rings is 1. The van der Waals surface area contributed by atoms with Gasteiger partial charge in [0.25, 0.3) is 0 Å². The molecule has 0 spiro atoms. The van der Waals surface area contributed by atoms with Crippen LogP contribution in [0.1, 0.15) is 29.5 Å². The quantitative estimate of drug-likeness (QED) is 0.871. The number of thiazole rings is 1. The van der Waals surface area contributed by atoms with Gasteiger partial charge in [-0.15, -0.1) is 11.3 Å². The minimum absolute atomic E-state index is 0.156. The van der Waals surface area contributed by atoms with E-state index in [4.69, 9.17) is 4.74 Å². The molecule has 4 nitrogen and oxygen atoms in total. The van der Waals surface area contributed by atoms with Crippen LogP contribution < -0.4 is 4.74 Å². The highest BCUT2D eigenvalue weighted by atomic mass is 32.1. The average molecular weight is 302 g/mol. The first-order valence-corrected chi connectivity index (χ1v) is 7.97. The van der Waals surface area contributed by atoms with E-state index >= 15 is 0 Å². The third-order valence-electron chi connectivity index (χ3n) is 3.80. The molecule has 2 heterocycles. The van der Waals surface area contributed by atoms with Crippen LogP contribution in [0.15, 0.2) is 35.8 Å². The van der Waals surface area contributed by atoms with Gasteiger partial charge < -0.3 is 9.64 Å². The van der Waals surface area contributed by atoms with Gasteiger partial charge in [0, 0.05) is 18.1 Å². The Hall–Kier alpha value is -1.88. The van der Waals surface area contributed by atoms with Gasteiger partial charge in [-0.05, 0) is 30.5 Å². The monoisotopic (exact) mass is 302 g/mol. The molecule has 0 aliphatic carbocycles. The van der Waals surface area contributed by atoms with E-state index in [-0.39, 0.29) is 11.9 Å². The summed E-state index contributed by atoms with van der Waals surface area (Å²) in [5, 5.41) is 3.02. The van der Waals surface area contributed by atoms with Gasteiger partial charge in [0.1, 0.15) is 10.8 Å². The highest BCUT2D eigenvalue weighted by Gasteiger charge is 2.31. The zero-order valence-corrected chi connectivity index (χ0v) is 12.8. The van der Waals surface area contributed by atoms with Crippen LogP contribution in [0.3, 0.4) is 0 Å². The lowest BCUT2D eigenvalue weighted by molar-refractivity contribution is -0.131. The average Bonchev–Trinajstić information content (AvgIpc) is 3.18. The van der Waals surface area contributed by atoms with E-state index in [1.165, 1.54) is 0 Å². The first kappa shape index (κ1) is 14.1. The van der Waals surface area contributed by atoms with Gasteiger partial charge in [-0.1, -0.05) is 12.1 Å². The molecule has 0 radical (unpaired) electrons. The van der Waals surface area contributed by atoms with Crippen LogP contribution in [-0.4, -0.2) is 29.4 Å². The fraction of sp³-hybridized carbons (Fsp3) is 0.375. The molecule has 1 fully saturated rings. The van der Waals surface area contributed by atoms with Gasteiger partial charge in [0.15, 0.2) is 0 Å². The Morgan fingerprint density at radius 2 is 2.43 bits per heavy atom. The summed E-state index contributed by atoms with van der Waals surface area (Å²) >= 11 is 1.63. The smallest absolute Gasteiger partial charge is 0.227 e. The van der Waals surface area contributed by atoms with Gasteiger partial charge >= 0.3 is 0 Å². The normalized spacial score (nSPS) is 18.0. The number of hydrogen-bond acceptors (Lipinski definition) is 4. The number of carbonyl (C=O) groups is 1. The van der Waals surface area contributed by atoms with E-state index < -0.39 is 0 Å². The molecule has 0 bridgehead atoms. The Kier molecular flexibility index (Phi) is 4.20. The van der Waals surface area contributed by atoms with Crippen molar-refractivity contribution in [1.82, 2.24) is 9.88 Å². The molecule has 1 amide bonds. The summed E-state index contributed by atoms with van der Waals surface area (Å²) in [4.78, 5) is 18.9. The second kappa shape index (κ2) is 6.26. The minimum Gasteiger partial charge on any atom is -0.497 e. The van der Waals surface area contributed by atoms with Crippen molar-refractivity contribution in [3.63, 3.8) is 0 Å². The lowest BCUT2D eigenvalue weighted by Crippen LogP contribution is -2.31. The zero-order chi connectivity index (χ0) is 14.7. The molecule has 0 saturated carbocycles. The molecule has 1 saturated heterocycles. The predicted octanol–water partition coefficient (Wildman–Crippen LogP) is 3.06. The van der Waals surface area contributed by atoms with Crippen LogP contribution in [0.25, 0.3) is 0 Å². The van der Waals surface area contributed by atoms with Crippen molar-refractivity contribution in [1.29, 1.82) is 0 Å². The molecule has 3 rings (SSSR count). The molecule has 110 valence electrons. The van der Waals surface area contributed by atoms with Crippen molar-refractivity contribution in [2.24, 2.45) is 0 Å². The lowest BCUT2D eigenvalue weighted by Gasteiger charge is -2.23. The van der Waals surface area contributed by atoms with E-state index in [2.05, 4.69) is 4.98 Å². The standard InChI is InChI=1S/C16H18N2O2S/c1-20-13-5-2-4-12(10-13)11-15(19)18-8-3-6-14(18)16-17-7-9-21-16/h2,4-5,7,9-10,14H,3,6,8,11H2,1H3. The second-order valence-electron chi connectivity index (χ2n) is 5.14. The molecule has 2 aromatic rings. The van der Waals surface area contributed by atoms with Crippen molar-refractivity contribution < 1.29 is 9.53 Å². The van der Waals surface area contributed by atoms with Crippen molar-refractivity contribution >= 4 is 17.2 Å². The van der Waals surface area contributed by atoms with Gasteiger partial charge in [-0.3, -0.25) is 4.79 Å². The molecule has 1 aromatic heterocycles. The summed E-state index contributed by atoms with van der Waals surface area (Å²) in [6.45, 7) is 0.826. The van der Waals surface area contributed by atoms with E-state index in [9.17, 15) is 4.79 Å². The maximum absolute atomic E-state index is 12.6. The number of aromatic nitrogens is 1. The molecule has 1 aromatic carbocycles. The first-order valence-electron chi connectivity index (χ1n) is 7.09. The molecule has 1 atom stereocenters. The van der Waals surface area contributed by atoms with E-state index in [0.717, 1.165) is 35.7 Å². The van der Waals surface area contributed by atoms with Crippen LogP contribution in [0.4, 0.5) is 0 Å². The maximum Gasteiger partial charge on any atom is 0.227 e. The van der Waals surface area contributed by atoms with Crippen LogP contribution in [0, 0.1) is 0 Å². The van der Waals surface area contributed by atoms with Gasteiger partial charge in [0.2, 0.25) is 5.91 Å². The Morgan fingerprint density at radius 1 is 1.52 bits per heavy atom. The summed E-state index contributed by atoms with van der Waals surface area (Å²) in [5.41, 5.74) is 0.990. The van der Waals surface area contributed by atoms with Crippen LogP contribution in [0.5, 0.6) is 5.75 Å². The number of amides is 1. The number of carbonyl (C=O) groups excluding carboxylic acids is 1. The topological polar surface area (TPSA) is 42.4 Å². The number of rotatable bonds is 4. The van der Waals surface area contributed by atoms with Gasteiger partial charge in [-0.2, -0.15) is 0 Å². The molecule has 21 heavy (non-hydrogen) atoms. The van der Waals surface area contributed by atoms with Crippen LogP contribution >= 0.6 is 11.3 Å². The summed E-state index contributed by atoms with van der Waals surface area (Å²) < 4.78 is 5.21. The third-order valence-corrected chi connectivity index (χ3v) is 4.68. The van der Waals surface area contributed by atoms with E-state index in [0.29, 0.717) is 6.42 Å². The van der Waals surface area contributed by atoms with E-state index in [1.54, 1.807) is 18.4 Å². The molecule has 5 heteroatoms. The minimum atomic E-state index is 0.156. The zero-order valence-electron chi connectivity index (χ0n) is 12.0. The van der Waals surface area contributed by atoms with Crippen molar-refractivity contribution in [3.8, 4) is 5.75 Å². The number of methoxy groups -OCH3 is 1. The predicted molar refractivity (Wildman–Crippen MR) is 82.5 cm³/mol. The van der Waals surface area contributed by atoms with Crippen molar-refractivity contribution in [3.05, 3.63) is 46.4 Å². The lowest BCUT2D eigenvalue weighted by atomic mass is 10.1. The fourth-order valence-corrected chi connectivity index (χ4v) is 3.56. The molecule has 1 unspecified atom stereocenters. The Balaban J connectivity index is 1.72. The first-order chi connectivity index (χ1) is 10.3. The van der Waals surface area contributed by atoms with Gasteiger partial charge in [0.05, 0.1) is 19.6 Å². The number of nitrogens with zero attached hydrogens (tertiary/aromatic N) is 2. The summed E-state index contributed by atoms with van der Waals surface area (Å²) in [5.74, 6) is 0.958. The Bertz CT molecular complexity index is 612. The number of ether oxygens (including phenoxy) is 1. The maximum atomic E-state index is 12.6. The molecule has 1 aliphatic heterocycles. The summed E-state index contributed by atoms with van der Waals surface area (Å²) in [7, 11) is 1.64. The summed E-state index contributed by atoms with van der Waals surface area (Å²) in [6, 6.07) is 7.86. The van der Waals surface area contributed by atoms with Crippen molar-refractivity contribution in [2.75, 3.05) is 13.7 Å².